The minimum atomic E-state index is -2.26. The second kappa shape index (κ2) is 9.97. The van der Waals surface area contributed by atoms with E-state index in [9.17, 15) is 0 Å². The molecule has 0 nitrogen and oxygen atoms in total. The molecule has 4 aromatic carbocycles. The van der Waals surface area contributed by atoms with Crippen LogP contribution in [0.15, 0.2) is 114 Å². The van der Waals surface area contributed by atoms with Gasteiger partial charge in [0.15, 0.2) is 0 Å². The van der Waals surface area contributed by atoms with Crippen LogP contribution in [0.4, 0.5) is 0 Å². The molecule has 0 aromatic heterocycles. The fraction of sp³-hybridized carbons (Fsp3) is 0.107. The normalized spacial score (nSPS) is 11.3. The zero-order valence-electron chi connectivity index (χ0n) is 17.9. The molecule has 0 radical (unpaired) electrons. The molecule has 0 N–H and O–H groups in total. The Morgan fingerprint density at radius 3 is 1.39 bits per heavy atom. The molecule has 0 atom stereocenters. The summed E-state index contributed by atoms with van der Waals surface area (Å²) in [6.07, 6.45) is 0. The predicted octanol–water partition coefficient (Wildman–Crippen LogP) is 4.86. The predicted molar refractivity (Wildman–Crippen MR) is 141 cm³/mol. The first-order valence-electron chi connectivity index (χ1n) is 10.5. The Morgan fingerprint density at radius 2 is 1.00 bits per heavy atom. The van der Waals surface area contributed by atoms with E-state index < -0.39 is 8.07 Å². The summed E-state index contributed by atoms with van der Waals surface area (Å²) in [6.45, 7) is 4.41. The first-order valence-corrected chi connectivity index (χ1v) is 14.4. The maximum atomic E-state index is 3.46. The van der Waals surface area contributed by atoms with Gasteiger partial charge in [0.1, 0.15) is 0 Å². The van der Waals surface area contributed by atoms with Gasteiger partial charge in [-0.25, -0.2) is 0 Å². The van der Waals surface area contributed by atoms with E-state index in [4.69, 9.17) is 0 Å². The van der Waals surface area contributed by atoms with Crippen molar-refractivity contribution in [3.8, 4) is 0 Å². The van der Waals surface area contributed by atoms with Crippen molar-refractivity contribution >= 4 is 54.7 Å². The molecule has 0 aliphatic carbocycles. The molecule has 31 heavy (non-hydrogen) atoms. The van der Waals surface area contributed by atoms with Crippen molar-refractivity contribution in [2.75, 3.05) is 0 Å². The summed E-state index contributed by atoms with van der Waals surface area (Å²) in [5.41, 5.74) is 2.67. The summed E-state index contributed by atoms with van der Waals surface area (Å²) in [5, 5.41) is 4.34. The van der Waals surface area contributed by atoms with Crippen LogP contribution in [0.5, 0.6) is 0 Å². The van der Waals surface area contributed by atoms with E-state index in [2.05, 4.69) is 139 Å². The molecule has 0 heterocycles. The molecule has 0 saturated carbocycles. The molecule has 154 valence electrons. The monoisotopic (exact) mass is 502 g/mol. The Bertz CT molecular complexity index is 1040. The molecular formula is C28H26SSeSi. The first kappa shape index (κ1) is 22.0. The molecule has 3 heteroatoms. The van der Waals surface area contributed by atoms with Crippen molar-refractivity contribution in [3.05, 3.63) is 120 Å². The number of hydrogen-bond donors (Lipinski definition) is 0. The molecular weight excluding hydrogens is 475 g/mol. The molecule has 0 bridgehead atoms. The van der Waals surface area contributed by atoms with Crippen LogP contribution in [0.2, 0.25) is 6.04 Å². The topological polar surface area (TPSA) is 0 Å². The summed E-state index contributed by atoms with van der Waals surface area (Å²) < 4.78 is 1.35. The van der Waals surface area contributed by atoms with Gasteiger partial charge in [0.25, 0.3) is 0 Å². The van der Waals surface area contributed by atoms with Gasteiger partial charge in [0, 0.05) is 0 Å². The van der Waals surface area contributed by atoms with E-state index in [-0.39, 0.29) is 0 Å². The van der Waals surface area contributed by atoms with Gasteiger partial charge in [-0.3, -0.25) is 0 Å². The summed E-state index contributed by atoms with van der Waals surface area (Å²) in [5.74, 6) is 0. The fourth-order valence-electron chi connectivity index (χ4n) is 4.30. The number of benzene rings is 4. The van der Waals surface area contributed by atoms with Crippen LogP contribution in [0, 0.1) is 13.8 Å². The van der Waals surface area contributed by atoms with Crippen molar-refractivity contribution in [1.82, 2.24) is 0 Å². The average molecular weight is 502 g/mol. The SMILES string of the molecule is Cc1cccc(C)c1SC(=[Se])C[Si](c1ccccc1)(c1ccccc1)c1ccccc1. The van der Waals surface area contributed by atoms with Crippen LogP contribution >= 0.6 is 11.8 Å². The van der Waals surface area contributed by atoms with Gasteiger partial charge in [0.2, 0.25) is 0 Å². The molecule has 0 aliphatic heterocycles. The summed E-state index contributed by atoms with van der Waals surface area (Å²) >= 11 is 5.36. The van der Waals surface area contributed by atoms with E-state index >= 15 is 0 Å². The van der Waals surface area contributed by atoms with Crippen LogP contribution in [-0.2, 0) is 0 Å². The quantitative estimate of drug-likeness (QED) is 0.198. The van der Waals surface area contributed by atoms with Crippen molar-refractivity contribution < 1.29 is 0 Å². The number of hydrogen-bond acceptors (Lipinski definition) is 1. The second-order valence-electron chi connectivity index (χ2n) is 7.88. The van der Waals surface area contributed by atoms with Crippen molar-refractivity contribution in [3.63, 3.8) is 0 Å². The molecule has 0 aliphatic rings. The van der Waals surface area contributed by atoms with Gasteiger partial charge >= 0.3 is 200 Å². The zero-order valence-corrected chi connectivity index (χ0v) is 21.4. The van der Waals surface area contributed by atoms with Gasteiger partial charge in [-0.15, -0.1) is 0 Å². The first-order chi connectivity index (χ1) is 15.1. The second-order valence-corrected chi connectivity index (χ2v) is 14.5. The van der Waals surface area contributed by atoms with Crippen LogP contribution in [0.25, 0.3) is 0 Å². The van der Waals surface area contributed by atoms with E-state index in [1.54, 1.807) is 0 Å². The van der Waals surface area contributed by atoms with Crippen LogP contribution in [-0.4, -0.2) is 27.4 Å². The summed E-state index contributed by atoms with van der Waals surface area (Å²) in [6, 6.07) is 41.0. The third-order valence-electron chi connectivity index (χ3n) is 5.83. The van der Waals surface area contributed by atoms with Gasteiger partial charge in [-0.1, -0.05) is 0 Å². The summed E-state index contributed by atoms with van der Waals surface area (Å²) in [4.78, 5) is 1.37. The number of thioether (sulfide) groups is 1. The van der Waals surface area contributed by atoms with Gasteiger partial charge in [0.05, 0.1) is 0 Å². The Balaban J connectivity index is 1.85. The molecule has 0 fully saturated rings. The van der Waals surface area contributed by atoms with Crippen molar-refractivity contribution in [2.45, 2.75) is 24.8 Å². The summed E-state index contributed by atoms with van der Waals surface area (Å²) in [7, 11) is -2.26. The van der Waals surface area contributed by atoms with E-state index in [1.165, 1.54) is 35.3 Å². The molecule has 0 saturated heterocycles. The van der Waals surface area contributed by atoms with Crippen molar-refractivity contribution in [2.24, 2.45) is 0 Å². The molecule has 4 rings (SSSR count). The van der Waals surface area contributed by atoms with Crippen LogP contribution in [0.1, 0.15) is 11.1 Å². The van der Waals surface area contributed by atoms with E-state index in [0.29, 0.717) is 0 Å². The third-order valence-corrected chi connectivity index (χ3v) is 13.6. The molecule has 4 aromatic rings. The van der Waals surface area contributed by atoms with Gasteiger partial charge in [-0.2, -0.15) is 0 Å². The van der Waals surface area contributed by atoms with E-state index in [1.807, 2.05) is 11.8 Å². The Kier molecular flexibility index (Phi) is 7.09. The third kappa shape index (κ3) is 4.71. The molecule has 0 amide bonds. The zero-order chi connectivity index (χ0) is 21.7. The Labute approximate surface area is 199 Å². The van der Waals surface area contributed by atoms with Gasteiger partial charge < -0.3 is 0 Å². The number of rotatable bonds is 7. The van der Waals surface area contributed by atoms with Crippen molar-refractivity contribution in [1.29, 1.82) is 0 Å². The standard InChI is InChI=1S/C28H26SSeSi/c1-22-13-12-14-23(2)28(22)29-27(30)21-31(24-15-6-3-7-16-24,25-17-8-4-9-18-25)26-19-10-5-11-20-26/h3-20H,21H2,1-2H3. The molecule has 0 spiro atoms. The Morgan fingerprint density at radius 1 is 0.613 bits per heavy atom. The Hall–Kier alpha value is -2.16. The van der Waals surface area contributed by atoms with E-state index in [0.717, 1.165) is 6.04 Å². The average Bonchev–Trinajstić information content (AvgIpc) is 2.82. The minimum absolute atomic E-state index is 1.02. The fourth-order valence-corrected chi connectivity index (χ4v) is 12.1. The van der Waals surface area contributed by atoms with Gasteiger partial charge in [-0.05, 0) is 0 Å². The van der Waals surface area contributed by atoms with Crippen LogP contribution in [0.3, 0.4) is 0 Å². The van der Waals surface area contributed by atoms with Crippen LogP contribution < -0.4 is 15.6 Å². The maximum absolute atomic E-state index is 3.46. The number of aryl methyl sites for hydroxylation is 2. The molecule has 0 unspecified atom stereocenters.